The molecule has 23 nitrogen and oxygen atoms in total. The van der Waals surface area contributed by atoms with Crippen molar-refractivity contribution in [3.05, 3.63) is 109 Å². The summed E-state index contributed by atoms with van der Waals surface area (Å²) in [6, 6.07) is 0. The Labute approximate surface area is 525 Å². The first-order valence-corrected chi connectivity index (χ1v) is 31.6. The summed E-state index contributed by atoms with van der Waals surface area (Å²) in [5.41, 5.74) is 0.448. The fourth-order valence-electron chi connectivity index (χ4n) is 10.6. The second kappa shape index (κ2) is 45.1. The average Bonchev–Trinajstić information content (AvgIpc) is 1.55. The lowest BCUT2D eigenvalue weighted by Gasteiger charge is -2.42. The van der Waals surface area contributed by atoms with Crippen LogP contribution in [0.5, 0.6) is 0 Å². The molecule has 2 heterocycles. The molecular weight excluding hydrogens is 1160 g/mol. The van der Waals surface area contributed by atoms with Crippen LogP contribution in [0.2, 0.25) is 0 Å². The van der Waals surface area contributed by atoms with E-state index in [0.717, 1.165) is 12.8 Å². The minimum Gasteiger partial charge on any atom is -0.394 e. The van der Waals surface area contributed by atoms with Crippen LogP contribution >= 0.6 is 0 Å². The summed E-state index contributed by atoms with van der Waals surface area (Å²) in [4.78, 5) is 0. The lowest BCUT2D eigenvalue weighted by molar-refractivity contribution is -0.234. The highest BCUT2D eigenvalue weighted by Crippen LogP contribution is 2.32. The molecule has 2 aliphatic heterocycles. The van der Waals surface area contributed by atoms with E-state index < -0.39 is 152 Å². The zero-order chi connectivity index (χ0) is 66.8. The zero-order valence-electron chi connectivity index (χ0n) is 52.0. The van der Waals surface area contributed by atoms with Gasteiger partial charge in [-0.1, -0.05) is 104 Å². The van der Waals surface area contributed by atoms with Crippen molar-refractivity contribution in [3.63, 3.8) is 0 Å². The van der Waals surface area contributed by atoms with Crippen molar-refractivity contribution in [1.29, 1.82) is 0 Å². The number of ether oxygens (including phenoxy) is 2. The lowest BCUT2D eigenvalue weighted by Crippen LogP contribution is -2.59. The molecule has 89 heavy (non-hydrogen) atoms. The van der Waals surface area contributed by atoms with E-state index in [-0.39, 0.29) is 70.0 Å². The van der Waals surface area contributed by atoms with E-state index in [0.29, 0.717) is 63.4 Å². The van der Waals surface area contributed by atoms with E-state index in [1.807, 2.05) is 42.5 Å². The summed E-state index contributed by atoms with van der Waals surface area (Å²) in [7, 11) is 0. The molecule has 2 fully saturated rings. The summed E-state index contributed by atoms with van der Waals surface area (Å²) < 4.78 is 11.6. The fraction of sp³-hybridized carbons (Fsp3) is 0.727. The third-order valence-electron chi connectivity index (χ3n) is 16.5. The Morgan fingerprint density at radius 3 is 1.65 bits per heavy atom. The first-order valence-electron chi connectivity index (χ1n) is 31.6. The molecule has 0 aromatic heterocycles. The van der Waals surface area contributed by atoms with E-state index in [9.17, 15) is 102 Å². The molecule has 0 radical (unpaired) electrons. The molecule has 0 amide bonds. The smallest absolute Gasteiger partial charge is 0.115 e. The second-order valence-corrected chi connectivity index (χ2v) is 24.2. The number of unbranched alkanes of at least 4 members (excludes halogenated alkanes) is 2. The standard InChI is InChI=1S/C66H112O23/c1-5-6-7-8-9-10-11-12-13-14-15-16-29-50(75)60(83)65-63(86)54(79)38-56(89-65)64(87)57(80)41(3)32-34-48(73)55-37-53(78)62(85)66(88-55)61(84)51(76)35-40(2)31-33-46(71)36-52(77)59(82)42(4)58(81)49(74)30-18-17-22-43(68)23-19-24-44(69)25-20-26-45(70)27-21-28-47(72)39-67/h5,8-13,16-19,23,29,35,42-87H,1,3,6-7,14-15,20-22,24-28,30-34,36-39H2,2,4H3. The molecular formula is C66H112O23. The van der Waals surface area contributed by atoms with Crippen LogP contribution in [0.1, 0.15) is 142 Å². The Morgan fingerprint density at radius 2 is 1.04 bits per heavy atom. The Kier molecular flexibility index (Phi) is 41.5. The van der Waals surface area contributed by atoms with Crippen LogP contribution in [0, 0.1) is 5.92 Å². The van der Waals surface area contributed by atoms with Gasteiger partial charge in [0.05, 0.1) is 92.1 Å². The van der Waals surface area contributed by atoms with Gasteiger partial charge in [0.25, 0.3) is 0 Å². The van der Waals surface area contributed by atoms with Crippen molar-refractivity contribution < 1.29 is 117 Å². The number of aliphatic hydroxyl groups excluding tert-OH is 21. The zero-order valence-corrected chi connectivity index (χ0v) is 52.0. The normalized spacial score (nSPS) is 27.5. The van der Waals surface area contributed by atoms with Crippen LogP contribution in [-0.2, 0) is 9.47 Å². The van der Waals surface area contributed by atoms with Gasteiger partial charge in [0, 0.05) is 25.2 Å². The Balaban J connectivity index is 1.82. The third-order valence-corrected chi connectivity index (χ3v) is 16.5. The summed E-state index contributed by atoms with van der Waals surface area (Å²) in [6.07, 6.45) is -4.74. The predicted molar refractivity (Wildman–Crippen MR) is 334 cm³/mol. The van der Waals surface area contributed by atoms with E-state index in [1.165, 1.54) is 25.2 Å². The first-order chi connectivity index (χ1) is 42.1. The minimum absolute atomic E-state index is 0.000546. The van der Waals surface area contributed by atoms with Gasteiger partial charge in [0.1, 0.15) is 61.0 Å². The van der Waals surface area contributed by atoms with Gasteiger partial charge >= 0.3 is 0 Å². The number of aliphatic hydroxyl groups is 21. The molecule has 23 heteroatoms. The Morgan fingerprint density at radius 1 is 0.517 bits per heavy atom. The Hall–Kier alpha value is -3.26. The van der Waals surface area contributed by atoms with Crippen LogP contribution in [0.25, 0.3) is 0 Å². The van der Waals surface area contributed by atoms with Crippen LogP contribution in [0.4, 0.5) is 0 Å². The van der Waals surface area contributed by atoms with Gasteiger partial charge in [0.15, 0.2) is 0 Å². The van der Waals surface area contributed by atoms with Crippen molar-refractivity contribution in [2.24, 2.45) is 5.92 Å². The summed E-state index contributed by atoms with van der Waals surface area (Å²) in [5, 5.41) is 223. The molecule has 0 aliphatic carbocycles. The van der Waals surface area contributed by atoms with Crippen LogP contribution in [0.15, 0.2) is 109 Å². The molecule has 2 aliphatic rings. The average molecular weight is 1270 g/mol. The number of rotatable bonds is 46. The molecule has 0 saturated carbocycles. The molecule has 25 unspecified atom stereocenters. The molecule has 0 aromatic carbocycles. The molecule has 0 aromatic rings. The lowest BCUT2D eigenvalue weighted by atomic mass is 9.86. The monoisotopic (exact) mass is 1270 g/mol. The summed E-state index contributed by atoms with van der Waals surface area (Å²) in [5.74, 6) is -1.04. The molecule has 25 atom stereocenters. The SMILES string of the molecule is C=CCCC=CC=CC=CCCC=CC(O)C(O)C1OC(C(O)C(O)C(=C)CCC(O)C2CC(O)C(O)C(C(O)C(O)C=C(C)CCC(O)CC(O)C(O)C(C)C(O)C(O)CC=CCC(O)C=CCC(O)CCCC(O)CCCC(O)CO)O2)CC(O)C1O. The summed E-state index contributed by atoms with van der Waals surface area (Å²) in [6.45, 7) is 10.2. The van der Waals surface area contributed by atoms with Crippen molar-refractivity contribution in [3.8, 4) is 0 Å². The maximum absolute atomic E-state index is 11.2. The predicted octanol–water partition coefficient (Wildman–Crippen LogP) is 0.195. The van der Waals surface area contributed by atoms with Crippen molar-refractivity contribution in [2.75, 3.05) is 6.61 Å². The highest BCUT2D eigenvalue weighted by atomic mass is 16.6. The number of allylic oxidation sites excluding steroid dienone is 9. The highest BCUT2D eigenvalue weighted by Gasteiger charge is 2.47. The largest absolute Gasteiger partial charge is 0.394 e. The van der Waals surface area contributed by atoms with Gasteiger partial charge in [-0.25, -0.2) is 0 Å². The van der Waals surface area contributed by atoms with Gasteiger partial charge < -0.3 is 117 Å². The van der Waals surface area contributed by atoms with Crippen LogP contribution in [0.3, 0.4) is 0 Å². The van der Waals surface area contributed by atoms with Crippen molar-refractivity contribution in [2.45, 2.75) is 289 Å². The minimum atomic E-state index is -1.84. The van der Waals surface area contributed by atoms with Gasteiger partial charge in [0.2, 0.25) is 0 Å². The van der Waals surface area contributed by atoms with E-state index in [4.69, 9.17) is 14.6 Å². The molecule has 0 spiro atoms. The maximum atomic E-state index is 11.2. The number of hydrogen-bond donors (Lipinski definition) is 21. The van der Waals surface area contributed by atoms with E-state index in [2.05, 4.69) is 13.2 Å². The van der Waals surface area contributed by atoms with E-state index >= 15 is 0 Å². The molecule has 2 rings (SSSR count). The van der Waals surface area contributed by atoms with Crippen LogP contribution in [-0.4, -0.2) is 260 Å². The summed E-state index contributed by atoms with van der Waals surface area (Å²) >= 11 is 0. The Bertz CT molecular complexity index is 2120. The fourth-order valence-corrected chi connectivity index (χ4v) is 10.6. The molecule has 2 saturated heterocycles. The van der Waals surface area contributed by atoms with Gasteiger partial charge in [-0.2, -0.15) is 0 Å². The molecule has 514 valence electrons. The molecule has 0 bridgehead atoms. The number of hydrogen-bond acceptors (Lipinski definition) is 23. The first kappa shape index (κ1) is 81.8. The highest BCUT2D eigenvalue weighted by molar-refractivity contribution is 5.13. The van der Waals surface area contributed by atoms with E-state index in [1.54, 1.807) is 31.2 Å². The molecule has 21 N–H and O–H groups in total. The van der Waals surface area contributed by atoms with Crippen molar-refractivity contribution >= 4 is 0 Å². The van der Waals surface area contributed by atoms with Gasteiger partial charge in [-0.05, 0) is 122 Å². The van der Waals surface area contributed by atoms with Gasteiger partial charge in [-0.15, -0.1) is 6.58 Å². The second-order valence-electron chi connectivity index (χ2n) is 24.2. The quantitative estimate of drug-likeness (QED) is 0.0220. The van der Waals surface area contributed by atoms with Gasteiger partial charge in [-0.3, -0.25) is 0 Å². The third kappa shape index (κ3) is 31.5. The van der Waals surface area contributed by atoms with Crippen molar-refractivity contribution in [1.82, 2.24) is 0 Å². The van der Waals surface area contributed by atoms with Crippen LogP contribution < -0.4 is 0 Å². The topological polar surface area (TPSA) is 443 Å². The maximum Gasteiger partial charge on any atom is 0.115 e.